The van der Waals surface area contributed by atoms with Crippen molar-refractivity contribution in [1.82, 2.24) is 5.32 Å². The van der Waals surface area contributed by atoms with Crippen LogP contribution in [-0.2, 0) is 0 Å². The minimum atomic E-state index is 0.0899. The summed E-state index contributed by atoms with van der Waals surface area (Å²) in [5, 5.41) is 3.07. The van der Waals surface area contributed by atoms with Gasteiger partial charge in [-0.05, 0) is 44.5 Å². The molecule has 0 bridgehead atoms. The van der Waals surface area contributed by atoms with Crippen molar-refractivity contribution in [2.45, 2.75) is 27.2 Å². The molecule has 1 N–H and O–H groups in total. The van der Waals surface area contributed by atoms with Crippen molar-refractivity contribution in [3.63, 3.8) is 0 Å². The van der Waals surface area contributed by atoms with E-state index in [4.69, 9.17) is 0 Å². The Morgan fingerprint density at radius 2 is 2.00 bits per heavy atom. The molecule has 0 aliphatic carbocycles. The van der Waals surface area contributed by atoms with Crippen molar-refractivity contribution in [1.29, 1.82) is 0 Å². The van der Waals surface area contributed by atoms with Crippen molar-refractivity contribution in [2.24, 2.45) is 5.92 Å². The van der Waals surface area contributed by atoms with Gasteiger partial charge in [-0.3, -0.25) is 4.79 Å². The van der Waals surface area contributed by atoms with Crippen LogP contribution in [-0.4, -0.2) is 19.4 Å². The Labute approximate surface area is 98.1 Å². The third-order valence-corrected chi connectivity index (χ3v) is 3.11. The molecule has 0 aliphatic heterocycles. The zero-order valence-electron chi connectivity index (χ0n) is 10.6. The lowest BCUT2D eigenvalue weighted by Gasteiger charge is -2.13. The largest absolute Gasteiger partial charge is 0.319 e. The quantitative estimate of drug-likeness (QED) is 0.771. The normalized spacial score (nSPS) is 12.5. The summed E-state index contributed by atoms with van der Waals surface area (Å²) in [5.74, 6) is 0.340. The highest BCUT2D eigenvalue weighted by atomic mass is 16.1. The highest BCUT2D eigenvalue weighted by Crippen LogP contribution is 2.15. The van der Waals surface area contributed by atoms with Gasteiger partial charge in [0.1, 0.15) is 0 Å². The van der Waals surface area contributed by atoms with Crippen LogP contribution in [0.3, 0.4) is 0 Å². The van der Waals surface area contributed by atoms with Gasteiger partial charge in [-0.2, -0.15) is 0 Å². The monoisotopic (exact) mass is 219 g/mol. The number of Topliss-reactive ketones (excluding diaryl/α,β-unsaturated/α-hetero) is 1. The molecule has 2 heteroatoms. The first-order chi connectivity index (χ1) is 7.60. The Kier molecular flexibility index (Phi) is 4.69. The highest BCUT2D eigenvalue weighted by Gasteiger charge is 2.17. The second-order valence-corrected chi connectivity index (χ2v) is 4.33. The molecule has 0 aliphatic rings. The van der Waals surface area contributed by atoms with Gasteiger partial charge < -0.3 is 5.32 Å². The Hall–Kier alpha value is -1.15. The van der Waals surface area contributed by atoms with Gasteiger partial charge in [0.15, 0.2) is 5.78 Å². The van der Waals surface area contributed by atoms with Gasteiger partial charge in [0.05, 0.1) is 0 Å². The molecule has 1 aromatic rings. The Balaban J connectivity index is 2.90. The number of hydrogen-bond donors (Lipinski definition) is 1. The van der Waals surface area contributed by atoms with Crippen molar-refractivity contribution < 1.29 is 4.79 Å². The van der Waals surface area contributed by atoms with Crippen LogP contribution in [0.1, 0.15) is 34.8 Å². The molecule has 1 unspecified atom stereocenters. The molecular weight excluding hydrogens is 198 g/mol. The summed E-state index contributed by atoms with van der Waals surface area (Å²) in [6.45, 7) is 6.92. The van der Waals surface area contributed by atoms with E-state index in [9.17, 15) is 4.79 Å². The van der Waals surface area contributed by atoms with Crippen molar-refractivity contribution in [3.8, 4) is 0 Å². The van der Waals surface area contributed by atoms with Gasteiger partial charge >= 0.3 is 0 Å². The van der Waals surface area contributed by atoms with Crippen LogP contribution in [0.5, 0.6) is 0 Å². The standard InChI is InChI=1S/C14H21NO/c1-5-12(9-15-4)14(16)13-7-6-10(2)11(3)8-13/h6-8,12,15H,5,9H2,1-4H3. The Morgan fingerprint density at radius 1 is 1.31 bits per heavy atom. The first kappa shape index (κ1) is 12.9. The van der Waals surface area contributed by atoms with Gasteiger partial charge in [0.25, 0.3) is 0 Å². The van der Waals surface area contributed by atoms with Gasteiger partial charge in [-0.15, -0.1) is 0 Å². The summed E-state index contributed by atoms with van der Waals surface area (Å²) in [5.41, 5.74) is 3.26. The smallest absolute Gasteiger partial charge is 0.167 e. The number of nitrogens with one attached hydrogen (secondary N) is 1. The van der Waals surface area contributed by atoms with E-state index in [1.807, 2.05) is 32.2 Å². The lowest BCUT2D eigenvalue weighted by molar-refractivity contribution is 0.0916. The molecular formula is C14H21NO. The SMILES string of the molecule is CCC(CNC)C(=O)c1ccc(C)c(C)c1. The molecule has 0 fully saturated rings. The summed E-state index contributed by atoms with van der Waals surface area (Å²) in [6.07, 6.45) is 0.882. The van der Waals surface area contributed by atoms with Crippen LogP contribution >= 0.6 is 0 Å². The minimum absolute atomic E-state index is 0.0899. The van der Waals surface area contributed by atoms with E-state index < -0.39 is 0 Å². The molecule has 0 radical (unpaired) electrons. The minimum Gasteiger partial charge on any atom is -0.319 e. The molecule has 0 saturated heterocycles. The van der Waals surface area contributed by atoms with E-state index in [0.29, 0.717) is 0 Å². The molecule has 16 heavy (non-hydrogen) atoms. The molecule has 0 amide bonds. The molecule has 2 nitrogen and oxygen atoms in total. The maximum absolute atomic E-state index is 12.2. The number of carbonyl (C=O) groups excluding carboxylic acids is 1. The fraction of sp³-hybridized carbons (Fsp3) is 0.500. The van der Waals surface area contributed by atoms with Gasteiger partial charge in [0.2, 0.25) is 0 Å². The number of hydrogen-bond acceptors (Lipinski definition) is 2. The summed E-state index contributed by atoms with van der Waals surface area (Å²) >= 11 is 0. The average Bonchev–Trinajstić information content (AvgIpc) is 2.28. The van der Waals surface area contributed by atoms with E-state index >= 15 is 0 Å². The topological polar surface area (TPSA) is 29.1 Å². The van der Waals surface area contributed by atoms with Crippen LogP contribution in [0, 0.1) is 19.8 Å². The second kappa shape index (κ2) is 5.80. The van der Waals surface area contributed by atoms with E-state index in [1.165, 1.54) is 11.1 Å². The molecule has 1 aromatic carbocycles. The zero-order chi connectivity index (χ0) is 12.1. The Morgan fingerprint density at radius 3 is 2.50 bits per heavy atom. The van der Waals surface area contributed by atoms with Gasteiger partial charge in [0, 0.05) is 18.0 Å². The van der Waals surface area contributed by atoms with Crippen LogP contribution in [0.25, 0.3) is 0 Å². The van der Waals surface area contributed by atoms with Gasteiger partial charge in [-0.25, -0.2) is 0 Å². The second-order valence-electron chi connectivity index (χ2n) is 4.33. The molecule has 0 spiro atoms. The number of ketones is 1. The molecule has 1 rings (SSSR count). The molecule has 0 heterocycles. The average molecular weight is 219 g/mol. The van der Waals surface area contributed by atoms with Crippen LogP contribution in [0.2, 0.25) is 0 Å². The van der Waals surface area contributed by atoms with E-state index in [2.05, 4.69) is 19.2 Å². The van der Waals surface area contributed by atoms with E-state index in [0.717, 1.165) is 18.5 Å². The third kappa shape index (κ3) is 2.92. The molecule has 88 valence electrons. The third-order valence-electron chi connectivity index (χ3n) is 3.11. The lowest BCUT2D eigenvalue weighted by Crippen LogP contribution is -2.25. The first-order valence-electron chi connectivity index (χ1n) is 5.86. The summed E-state index contributed by atoms with van der Waals surface area (Å²) in [7, 11) is 1.89. The predicted molar refractivity (Wildman–Crippen MR) is 68.0 cm³/mol. The summed E-state index contributed by atoms with van der Waals surface area (Å²) in [4.78, 5) is 12.2. The van der Waals surface area contributed by atoms with Crippen LogP contribution in [0.4, 0.5) is 0 Å². The maximum atomic E-state index is 12.2. The van der Waals surface area contributed by atoms with Crippen molar-refractivity contribution in [3.05, 3.63) is 34.9 Å². The summed E-state index contributed by atoms with van der Waals surface area (Å²) in [6, 6.07) is 5.95. The number of carbonyl (C=O) groups is 1. The van der Waals surface area contributed by atoms with Crippen LogP contribution in [0.15, 0.2) is 18.2 Å². The lowest BCUT2D eigenvalue weighted by atomic mass is 9.93. The number of aryl methyl sites for hydroxylation is 2. The molecule has 0 saturated carbocycles. The summed E-state index contributed by atoms with van der Waals surface area (Å²) < 4.78 is 0. The highest BCUT2D eigenvalue weighted by molar-refractivity contribution is 5.98. The number of rotatable bonds is 5. The molecule has 0 aromatic heterocycles. The zero-order valence-corrected chi connectivity index (χ0v) is 10.6. The number of benzene rings is 1. The van der Waals surface area contributed by atoms with E-state index in [1.54, 1.807) is 0 Å². The molecule has 1 atom stereocenters. The van der Waals surface area contributed by atoms with Crippen molar-refractivity contribution in [2.75, 3.05) is 13.6 Å². The van der Waals surface area contributed by atoms with E-state index in [-0.39, 0.29) is 11.7 Å². The maximum Gasteiger partial charge on any atom is 0.167 e. The fourth-order valence-corrected chi connectivity index (χ4v) is 1.80. The van der Waals surface area contributed by atoms with Crippen molar-refractivity contribution >= 4 is 5.78 Å². The van der Waals surface area contributed by atoms with Gasteiger partial charge in [-0.1, -0.05) is 19.1 Å². The van der Waals surface area contributed by atoms with Crippen LogP contribution < -0.4 is 5.32 Å². The Bertz CT molecular complexity index is 371. The first-order valence-corrected chi connectivity index (χ1v) is 5.86. The fourth-order valence-electron chi connectivity index (χ4n) is 1.80. The predicted octanol–water partition coefficient (Wildman–Crippen LogP) is 2.73.